The first kappa shape index (κ1) is 16.5. The Morgan fingerprint density at radius 3 is 2.12 bits per heavy atom. The number of benzene rings is 3. The molecule has 0 spiro atoms. The van der Waals surface area contributed by atoms with E-state index in [0.717, 1.165) is 22.6 Å². The summed E-state index contributed by atoms with van der Waals surface area (Å²) in [7, 11) is -1.02. The average Bonchev–Trinajstić information content (AvgIpc) is 2.64. The molecule has 122 valence electrons. The van der Waals surface area contributed by atoms with Crippen molar-refractivity contribution in [3.63, 3.8) is 0 Å². The summed E-state index contributed by atoms with van der Waals surface area (Å²) >= 11 is 0. The molecule has 3 aromatic rings. The first-order valence-corrected chi connectivity index (χ1v) is 9.35. The van der Waals surface area contributed by atoms with Crippen molar-refractivity contribution < 1.29 is 8.95 Å². The highest BCUT2D eigenvalue weighted by Gasteiger charge is 2.16. The minimum atomic E-state index is -1.02. The van der Waals surface area contributed by atoms with E-state index >= 15 is 0 Å². The van der Waals surface area contributed by atoms with Crippen molar-refractivity contribution in [1.29, 1.82) is 0 Å². The second-order valence-electron chi connectivity index (χ2n) is 5.60. The fourth-order valence-electron chi connectivity index (χ4n) is 2.49. The number of hydrogen-bond acceptors (Lipinski definition) is 2. The van der Waals surface area contributed by atoms with E-state index in [1.165, 1.54) is 0 Å². The van der Waals surface area contributed by atoms with Crippen molar-refractivity contribution in [2.75, 3.05) is 0 Å². The molecule has 0 saturated carbocycles. The molecule has 0 aliphatic rings. The second-order valence-corrected chi connectivity index (χ2v) is 7.36. The molecule has 2 atom stereocenters. The maximum Gasteiger partial charge on any atom is 0.131 e. The quantitative estimate of drug-likeness (QED) is 0.595. The zero-order chi connectivity index (χ0) is 16.8. The molecular formula is C21H20O2S. The molecular weight excluding hydrogens is 316 g/mol. The molecule has 0 saturated heterocycles. The Hall–Kier alpha value is -2.39. The van der Waals surface area contributed by atoms with Gasteiger partial charge in [0.05, 0.1) is 11.0 Å². The molecule has 0 amide bonds. The van der Waals surface area contributed by atoms with E-state index in [1.54, 1.807) is 0 Å². The number of rotatable bonds is 6. The highest BCUT2D eigenvalue weighted by molar-refractivity contribution is 7.84. The van der Waals surface area contributed by atoms with Gasteiger partial charge in [0, 0.05) is 16.4 Å². The van der Waals surface area contributed by atoms with Crippen LogP contribution in [-0.4, -0.2) is 4.21 Å². The van der Waals surface area contributed by atoms with Gasteiger partial charge in [-0.15, -0.1) is 0 Å². The smallest absolute Gasteiger partial charge is 0.131 e. The van der Waals surface area contributed by atoms with Crippen molar-refractivity contribution in [2.24, 2.45) is 0 Å². The summed E-state index contributed by atoms with van der Waals surface area (Å²) in [5.41, 5.74) is 2.06. The Labute approximate surface area is 145 Å². The van der Waals surface area contributed by atoms with Gasteiger partial charge in [0.15, 0.2) is 0 Å². The Morgan fingerprint density at radius 2 is 1.42 bits per heavy atom. The SMILES string of the molecule is CC(c1ccccc1)S(=O)Cc1ccccc1Oc1ccccc1. The van der Waals surface area contributed by atoms with Gasteiger partial charge >= 0.3 is 0 Å². The normalized spacial score (nSPS) is 13.2. The zero-order valence-corrected chi connectivity index (χ0v) is 14.4. The van der Waals surface area contributed by atoms with Gasteiger partial charge in [0.2, 0.25) is 0 Å². The minimum Gasteiger partial charge on any atom is -0.457 e. The summed E-state index contributed by atoms with van der Waals surface area (Å²) in [5, 5.41) is -0.0176. The highest BCUT2D eigenvalue weighted by atomic mass is 32.2. The fraction of sp³-hybridized carbons (Fsp3) is 0.143. The van der Waals surface area contributed by atoms with Crippen LogP contribution in [-0.2, 0) is 16.6 Å². The topological polar surface area (TPSA) is 26.3 Å². The lowest BCUT2D eigenvalue weighted by Gasteiger charge is -2.14. The third-order valence-corrected chi connectivity index (χ3v) is 5.56. The van der Waals surface area contributed by atoms with Gasteiger partial charge in [-0.25, -0.2) is 0 Å². The van der Waals surface area contributed by atoms with Crippen LogP contribution in [0.4, 0.5) is 0 Å². The van der Waals surface area contributed by atoms with Gasteiger partial charge in [-0.2, -0.15) is 0 Å². The zero-order valence-electron chi connectivity index (χ0n) is 13.6. The van der Waals surface area contributed by atoms with E-state index in [0.29, 0.717) is 5.75 Å². The summed E-state index contributed by atoms with van der Waals surface area (Å²) in [4.78, 5) is 0. The fourth-order valence-corrected chi connectivity index (χ4v) is 3.75. The largest absolute Gasteiger partial charge is 0.457 e. The van der Waals surface area contributed by atoms with Crippen molar-refractivity contribution in [1.82, 2.24) is 0 Å². The lowest BCUT2D eigenvalue weighted by molar-refractivity contribution is 0.478. The lowest BCUT2D eigenvalue weighted by atomic mass is 10.2. The first-order chi connectivity index (χ1) is 11.7. The molecule has 2 unspecified atom stereocenters. The molecule has 0 radical (unpaired) electrons. The van der Waals surface area contributed by atoms with Crippen molar-refractivity contribution >= 4 is 10.8 Å². The van der Waals surface area contributed by atoms with Crippen LogP contribution in [0, 0.1) is 0 Å². The molecule has 0 aliphatic carbocycles. The lowest BCUT2D eigenvalue weighted by Crippen LogP contribution is -2.06. The van der Waals surface area contributed by atoms with Crippen molar-refractivity contribution in [3.8, 4) is 11.5 Å². The molecule has 3 heteroatoms. The van der Waals surface area contributed by atoms with Crippen molar-refractivity contribution in [3.05, 3.63) is 96.1 Å². The summed E-state index contributed by atoms with van der Waals surface area (Å²) in [6.45, 7) is 2.01. The summed E-state index contributed by atoms with van der Waals surface area (Å²) in [5.74, 6) is 2.02. The summed E-state index contributed by atoms with van der Waals surface area (Å²) < 4.78 is 18.7. The maximum atomic E-state index is 12.8. The van der Waals surface area contributed by atoms with Gasteiger partial charge in [-0.1, -0.05) is 66.7 Å². The first-order valence-electron chi connectivity index (χ1n) is 7.97. The Bertz CT molecular complexity index is 800. The third-order valence-electron chi connectivity index (χ3n) is 3.90. The molecule has 3 rings (SSSR count). The summed E-state index contributed by atoms with van der Waals surface area (Å²) in [6, 6.07) is 27.4. The third kappa shape index (κ3) is 4.12. The summed E-state index contributed by atoms with van der Waals surface area (Å²) in [6.07, 6.45) is 0. The second kappa shape index (κ2) is 7.93. The van der Waals surface area contributed by atoms with Gasteiger partial charge in [0.1, 0.15) is 11.5 Å². The number of ether oxygens (including phenoxy) is 1. The van der Waals surface area contributed by atoms with Crippen LogP contribution in [0.2, 0.25) is 0 Å². The molecule has 24 heavy (non-hydrogen) atoms. The molecule has 0 N–H and O–H groups in total. The highest BCUT2D eigenvalue weighted by Crippen LogP contribution is 2.29. The van der Waals surface area contributed by atoms with Gasteiger partial charge in [0.25, 0.3) is 0 Å². The predicted molar refractivity (Wildman–Crippen MR) is 99.7 cm³/mol. The van der Waals surface area contributed by atoms with Crippen molar-refractivity contribution in [2.45, 2.75) is 17.9 Å². The van der Waals surface area contributed by atoms with Gasteiger partial charge in [-0.3, -0.25) is 4.21 Å². The van der Waals surface area contributed by atoms with Crippen LogP contribution in [0.25, 0.3) is 0 Å². The van der Waals surface area contributed by atoms with E-state index in [2.05, 4.69) is 0 Å². The number of hydrogen-bond donors (Lipinski definition) is 0. The van der Waals surface area contributed by atoms with Gasteiger partial charge in [-0.05, 0) is 30.7 Å². The van der Waals surface area contributed by atoms with Crippen LogP contribution >= 0.6 is 0 Å². The molecule has 0 aliphatic heterocycles. The minimum absolute atomic E-state index is 0.0176. The van der Waals surface area contributed by atoms with Crippen LogP contribution < -0.4 is 4.74 Å². The maximum absolute atomic E-state index is 12.8. The molecule has 3 aromatic carbocycles. The van der Waals surface area contributed by atoms with E-state index in [9.17, 15) is 4.21 Å². The molecule has 0 aromatic heterocycles. The van der Waals surface area contributed by atoms with E-state index in [-0.39, 0.29) is 5.25 Å². The molecule has 0 fully saturated rings. The predicted octanol–water partition coefficient (Wildman–Crippen LogP) is 5.49. The monoisotopic (exact) mass is 336 g/mol. The Kier molecular flexibility index (Phi) is 5.44. The van der Waals surface area contributed by atoms with Crippen LogP contribution in [0.1, 0.15) is 23.3 Å². The van der Waals surface area contributed by atoms with E-state index in [1.807, 2.05) is 91.9 Å². The van der Waals surface area contributed by atoms with E-state index < -0.39 is 10.8 Å². The van der Waals surface area contributed by atoms with Crippen LogP contribution in [0.15, 0.2) is 84.9 Å². The molecule has 0 heterocycles. The average molecular weight is 336 g/mol. The number of para-hydroxylation sites is 2. The van der Waals surface area contributed by atoms with Gasteiger partial charge < -0.3 is 4.74 Å². The Balaban J connectivity index is 1.77. The molecule has 2 nitrogen and oxygen atoms in total. The molecule has 0 bridgehead atoms. The standard InChI is InChI=1S/C21H20O2S/c1-17(18-10-4-2-5-11-18)24(22)16-19-12-8-9-15-21(19)23-20-13-6-3-7-14-20/h2-15,17H,16H2,1H3. The van der Waals surface area contributed by atoms with Crippen LogP contribution in [0.5, 0.6) is 11.5 Å². The Morgan fingerprint density at radius 1 is 0.833 bits per heavy atom. The van der Waals surface area contributed by atoms with Crippen LogP contribution in [0.3, 0.4) is 0 Å². The van der Waals surface area contributed by atoms with E-state index in [4.69, 9.17) is 4.74 Å².